The van der Waals surface area contributed by atoms with Gasteiger partial charge in [-0.1, -0.05) is 25.5 Å². The summed E-state index contributed by atoms with van der Waals surface area (Å²) in [5.41, 5.74) is 0.842. The molecule has 0 unspecified atom stereocenters. The molecule has 10 heteroatoms. The molecule has 33 heavy (non-hydrogen) atoms. The molecule has 8 atom stereocenters. The van der Waals surface area contributed by atoms with Gasteiger partial charge in [-0.05, 0) is 24.8 Å². The van der Waals surface area contributed by atoms with Crippen molar-refractivity contribution in [3.05, 3.63) is 36.1 Å². The van der Waals surface area contributed by atoms with Crippen molar-refractivity contribution in [3.63, 3.8) is 0 Å². The predicted molar refractivity (Wildman–Crippen MR) is 115 cm³/mol. The average molecular weight is 471 g/mol. The Morgan fingerprint density at radius 1 is 1.21 bits per heavy atom. The molecule has 0 aromatic carbocycles. The summed E-state index contributed by atoms with van der Waals surface area (Å²) in [5, 5.41) is 39.6. The molecule has 10 nitrogen and oxygen atoms in total. The number of carbonyl (C=O) groups excluding carboxylic acids is 2. The van der Waals surface area contributed by atoms with E-state index in [2.05, 4.69) is 6.58 Å². The Kier molecular flexibility index (Phi) is 10.7. The van der Waals surface area contributed by atoms with Gasteiger partial charge in [-0.15, -0.1) is 6.58 Å². The van der Waals surface area contributed by atoms with Crippen LogP contribution in [0.25, 0.3) is 0 Å². The average Bonchev–Trinajstić information content (AvgIpc) is 2.83. The molecule has 1 saturated heterocycles. The molecule has 0 radical (unpaired) electrons. The van der Waals surface area contributed by atoms with E-state index in [1.807, 2.05) is 6.92 Å². The van der Waals surface area contributed by atoms with E-state index >= 15 is 0 Å². The third-order valence-electron chi connectivity index (χ3n) is 5.92. The fourth-order valence-corrected chi connectivity index (χ4v) is 3.90. The molecule has 2 aliphatic heterocycles. The smallest absolute Gasteiger partial charge is 0.337 e. The van der Waals surface area contributed by atoms with Crippen molar-refractivity contribution >= 4 is 12.3 Å². The van der Waals surface area contributed by atoms with Crippen molar-refractivity contribution in [3.8, 4) is 0 Å². The quantitative estimate of drug-likeness (QED) is 0.144. The highest BCUT2D eigenvalue weighted by atomic mass is 16.8. The van der Waals surface area contributed by atoms with Gasteiger partial charge in [0.25, 0.3) is 0 Å². The molecular formula is C23H34O10. The van der Waals surface area contributed by atoms with Crippen molar-refractivity contribution in [2.75, 3.05) is 13.7 Å². The minimum absolute atomic E-state index is 0.230. The maximum atomic E-state index is 12.3. The first-order chi connectivity index (χ1) is 15.8. The topological polar surface area (TPSA) is 152 Å². The van der Waals surface area contributed by atoms with Gasteiger partial charge in [-0.25, -0.2) is 4.79 Å². The second-order valence-electron chi connectivity index (χ2n) is 8.06. The zero-order chi connectivity index (χ0) is 24.5. The fraction of sp³-hybridized carbons (Fsp3) is 0.652. The van der Waals surface area contributed by atoms with Crippen LogP contribution in [0.1, 0.15) is 32.6 Å². The number of esters is 1. The van der Waals surface area contributed by atoms with Gasteiger partial charge in [0, 0.05) is 11.8 Å². The van der Waals surface area contributed by atoms with E-state index in [0.29, 0.717) is 18.4 Å². The van der Waals surface area contributed by atoms with E-state index in [-0.39, 0.29) is 5.57 Å². The lowest BCUT2D eigenvalue weighted by Crippen LogP contribution is -2.60. The lowest BCUT2D eigenvalue weighted by Gasteiger charge is -2.43. The minimum Gasteiger partial charge on any atom is -0.471 e. The first-order valence-corrected chi connectivity index (χ1v) is 11.0. The number of unbranched alkanes of at least 4 members (excludes halogenated alkanes) is 1. The van der Waals surface area contributed by atoms with Crippen LogP contribution in [0.2, 0.25) is 0 Å². The van der Waals surface area contributed by atoms with Crippen molar-refractivity contribution < 1.29 is 49.0 Å². The van der Waals surface area contributed by atoms with Crippen LogP contribution >= 0.6 is 0 Å². The maximum absolute atomic E-state index is 12.3. The van der Waals surface area contributed by atoms with Gasteiger partial charge < -0.3 is 39.4 Å². The number of ether oxygens (including phenoxy) is 4. The standard InChI is InChI=1S/C23H34O10/c1-4-6-7-13(10-24)8-9-15-14(5-2)22(31-12-16(15)21(29)30-3)33-23-20(28)19(27)18(26)17(11-25)32-23/h5,8,10,12,14-15,17-20,22-23,25-28H,2,4,6-7,9,11H2,1,3H3/b13-8+/t14-,15+,17-,18-,19+,20-,22+,23+/m1/s1. The highest BCUT2D eigenvalue weighted by molar-refractivity contribution is 5.89. The molecule has 2 rings (SSSR count). The van der Waals surface area contributed by atoms with E-state index in [4.69, 9.17) is 18.9 Å². The first kappa shape index (κ1) is 27.2. The first-order valence-electron chi connectivity index (χ1n) is 11.0. The number of methoxy groups -OCH3 is 1. The molecule has 0 amide bonds. The van der Waals surface area contributed by atoms with E-state index < -0.39 is 61.4 Å². The van der Waals surface area contributed by atoms with Crippen LogP contribution < -0.4 is 0 Å². The molecule has 0 spiro atoms. The molecule has 2 aliphatic rings. The van der Waals surface area contributed by atoms with Crippen LogP contribution in [-0.4, -0.2) is 83.4 Å². The number of hydrogen-bond donors (Lipinski definition) is 4. The summed E-state index contributed by atoms with van der Waals surface area (Å²) in [4.78, 5) is 23.8. The van der Waals surface area contributed by atoms with Crippen molar-refractivity contribution in [2.24, 2.45) is 11.8 Å². The summed E-state index contributed by atoms with van der Waals surface area (Å²) in [6.45, 7) is 5.23. The number of hydrogen-bond acceptors (Lipinski definition) is 10. The van der Waals surface area contributed by atoms with Gasteiger partial charge in [-0.2, -0.15) is 0 Å². The second kappa shape index (κ2) is 13.0. The molecule has 2 heterocycles. The third kappa shape index (κ3) is 6.50. The lowest BCUT2D eigenvalue weighted by molar-refractivity contribution is -0.339. The Hall–Kier alpha value is -2.08. The van der Waals surface area contributed by atoms with Crippen LogP contribution in [0.3, 0.4) is 0 Å². The Morgan fingerprint density at radius 2 is 1.94 bits per heavy atom. The highest BCUT2D eigenvalue weighted by Crippen LogP contribution is 2.37. The third-order valence-corrected chi connectivity index (χ3v) is 5.92. The predicted octanol–water partition coefficient (Wildman–Crippen LogP) is 0.340. The Balaban J connectivity index is 2.27. The Labute approximate surface area is 193 Å². The van der Waals surface area contributed by atoms with E-state index in [0.717, 1.165) is 19.1 Å². The van der Waals surface area contributed by atoms with E-state index in [1.165, 1.54) is 19.4 Å². The highest BCUT2D eigenvalue weighted by Gasteiger charge is 2.47. The zero-order valence-corrected chi connectivity index (χ0v) is 18.9. The summed E-state index contributed by atoms with van der Waals surface area (Å²) < 4.78 is 21.6. The van der Waals surface area contributed by atoms with Crippen LogP contribution in [0, 0.1) is 11.8 Å². The summed E-state index contributed by atoms with van der Waals surface area (Å²) in [6, 6.07) is 0. The van der Waals surface area contributed by atoms with Gasteiger partial charge >= 0.3 is 5.97 Å². The Bertz CT molecular complexity index is 731. The van der Waals surface area contributed by atoms with Crippen molar-refractivity contribution in [1.29, 1.82) is 0 Å². The summed E-state index contributed by atoms with van der Waals surface area (Å²) in [7, 11) is 1.24. The molecular weight excluding hydrogens is 436 g/mol. The normalized spacial score (nSPS) is 34.7. The monoisotopic (exact) mass is 470 g/mol. The van der Waals surface area contributed by atoms with Gasteiger partial charge in [0.15, 0.2) is 6.29 Å². The van der Waals surface area contributed by atoms with E-state index in [9.17, 15) is 30.0 Å². The second-order valence-corrected chi connectivity index (χ2v) is 8.06. The summed E-state index contributed by atoms with van der Waals surface area (Å²) >= 11 is 0. The van der Waals surface area contributed by atoms with Crippen LogP contribution in [0.5, 0.6) is 0 Å². The number of aliphatic hydroxyl groups excluding tert-OH is 4. The number of aliphatic hydroxyl groups is 4. The molecule has 0 aromatic rings. The molecule has 1 fully saturated rings. The molecule has 0 aromatic heterocycles. The number of rotatable bonds is 11. The minimum atomic E-state index is -1.61. The van der Waals surface area contributed by atoms with Crippen molar-refractivity contribution in [2.45, 2.75) is 69.6 Å². The lowest BCUT2D eigenvalue weighted by atomic mass is 9.81. The maximum Gasteiger partial charge on any atom is 0.337 e. The number of allylic oxidation sites excluding steroid dienone is 2. The van der Waals surface area contributed by atoms with E-state index in [1.54, 1.807) is 6.08 Å². The number of carbonyl (C=O) groups is 2. The molecule has 4 N–H and O–H groups in total. The number of aldehydes is 1. The van der Waals surface area contributed by atoms with Crippen molar-refractivity contribution in [1.82, 2.24) is 0 Å². The van der Waals surface area contributed by atoms with Crippen LogP contribution in [0.4, 0.5) is 0 Å². The van der Waals surface area contributed by atoms with Crippen LogP contribution in [-0.2, 0) is 28.5 Å². The fourth-order valence-electron chi connectivity index (χ4n) is 3.90. The van der Waals surface area contributed by atoms with Gasteiger partial charge in [-0.3, -0.25) is 4.79 Å². The van der Waals surface area contributed by atoms with Gasteiger partial charge in [0.1, 0.15) is 30.7 Å². The SMILES string of the molecule is C=C[C@H]1[C@H](O[C@@H]2O[C@H](CO)[C@@H](O)[C@H](O)[C@H]2O)OC=C(C(=O)OC)[C@H]1C/C=C(/C=O)CCCC. The summed E-state index contributed by atoms with van der Waals surface area (Å²) in [6.07, 6.45) is -0.424. The van der Waals surface area contributed by atoms with Gasteiger partial charge in [0.2, 0.25) is 6.29 Å². The summed E-state index contributed by atoms with van der Waals surface area (Å²) in [5.74, 6) is -1.74. The molecule has 0 bridgehead atoms. The van der Waals surface area contributed by atoms with Crippen LogP contribution in [0.15, 0.2) is 36.1 Å². The Morgan fingerprint density at radius 3 is 2.52 bits per heavy atom. The largest absolute Gasteiger partial charge is 0.471 e. The van der Waals surface area contributed by atoms with Gasteiger partial charge in [0.05, 0.1) is 25.6 Å². The molecule has 186 valence electrons. The molecule has 0 saturated carbocycles. The zero-order valence-electron chi connectivity index (χ0n) is 18.9. The molecule has 0 aliphatic carbocycles.